The number of piperazine rings is 1. The van der Waals surface area contributed by atoms with Crippen molar-refractivity contribution in [3.05, 3.63) is 65.2 Å². The molecule has 1 saturated heterocycles. The van der Waals surface area contributed by atoms with Crippen molar-refractivity contribution >= 4 is 11.7 Å². The van der Waals surface area contributed by atoms with E-state index < -0.39 is 0 Å². The molecule has 1 saturated carbocycles. The van der Waals surface area contributed by atoms with Gasteiger partial charge in [0.1, 0.15) is 0 Å². The van der Waals surface area contributed by atoms with Gasteiger partial charge in [-0.3, -0.25) is 4.90 Å². The quantitative estimate of drug-likeness (QED) is 0.709. The first-order valence-electron chi connectivity index (χ1n) is 11.7. The van der Waals surface area contributed by atoms with Crippen LogP contribution in [0.5, 0.6) is 0 Å². The Kier molecular flexibility index (Phi) is 7.13. The summed E-state index contributed by atoms with van der Waals surface area (Å²) in [6.07, 6.45) is 3.47. The molecular weight excluding hydrogens is 384 g/mol. The summed E-state index contributed by atoms with van der Waals surface area (Å²) in [5.74, 6) is 0.747. The molecule has 5 nitrogen and oxygen atoms in total. The molecule has 31 heavy (non-hydrogen) atoms. The Hall–Kier alpha value is -2.53. The normalized spacial score (nSPS) is 21.4. The number of carbonyl (C=O) groups excluding carboxylic acids is 1. The Labute approximate surface area is 186 Å². The summed E-state index contributed by atoms with van der Waals surface area (Å²) < 4.78 is 0. The van der Waals surface area contributed by atoms with Crippen LogP contribution in [0.25, 0.3) is 0 Å². The zero-order chi connectivity index (χ0) is 21.6. The third-order valence-electron chi connectivity index (χ3n) is 7.01. The van der Waals surface area contributed by atoms with Crippen molar-refractivity contribution in [1.82, 2.24) is 15.5 Å². The van der Waals surface area contributed by atoms with E-state index in [4.69, 9.17) is 0 Å². The highest BCUT2D eigenvalue weighted by atomic mass is 16.2. The first kappa shape index (κ1) is 21.7. The number of benzene rings is 2. The molecule has 2 amide bonds. The van der Waals surface area contributed by atoms with Gasteiger partial charge in [-0.25, -0.2) is 4.79 Å². The number of hydrogen-bond acceptors (Lipinski definition) is 3. The molecule has 0 spiro atoms. The maximum absolute atomic E-state index is 12.1. The first-order valence-corrected chi connectivity index (χ1v) is 11.7. The molecule has 2 aromatic carbocycles. The van der Waals surface area contributed by atoms with E-state index in [0.717, 1.165) is 50.5 Å². The highest BCUT2D eigenvalue weighted by Crippen LogP contribution is 2.31. The van der Waals surface area contributed by atoms with Crippen LogP contribution in [0.1, 0.15) is 36.0 Å². The van der Waals surface area contributed by atoms with Crippen molar-refractivity contribution in [1.29, 1.82) is 0 Å². The molecule has 4 rings (SSSR count). The lowest BCUT2D eigenvalue weighted by Crippen LogP contribution is -2.50. The molecule has 1 heterocycles. The third kappa shape index (κ3) is 5.79. The molecule has 2 fully saturated rings. The average molecular weight is 421 g/mol. The predicted molar refractivity (Wildman–Crippen MR) is 128 cm³/mol. The summed E-state index contributed by atoms with van der Waals surface area (Å²) in [5, 5.41) is 6.08. The van der Waals surface area contributed by atoms with E-state index in [1.165, 1.54) is 29.8 Å². The lowest BCUT2D eigenvalue weighted by atomic mass is 9.78. The highest BCUT2D eigenvalue weighted by molar-refractivity contribution is 5.74. The summed E-state index contributed by atoms with van der Waals surface area (Å²) >= 11 is 0. The fraction of sp³-hybridized carbons (Fsp3) is 0.500. The second kappa shape index (κ2) is 10.2. The molecule has 2 aliphatic rings. The lowest BCUT2D eigenvalue weighted by Gasteiger charge is -2.40. The average Bonchev–Trinajstić information content (AvgIpc) is 2.77. The van der Waals surface area contributed by atoms with E-state index in [1.54, 1.807) is 0 Å². The third-order valence-corrected chi connectivity index (χ3v) is 7.01. The molecule has 5 heteroatoms. The van der Waals surface area contributed by atoms with Crippen LogP contribution in [0.4, 0.5) is 10.5 Å². The molecule has 1 aliphatic carbocycles. The summed E-state index contributed by atoms with van der Waals surface area (Å²) in [7, 11) is 0. The minimum absolute atomic E-state index is 0.0464. The fourth-order valence-electron chi connectivity index (χ4n) is 4.76. The number of nitrogens with one attached hydrogen (secondary N) is 2. The van der Waals surface area contributed by atoms with Gasteiger partial charge in [0.25, 0.3) is 0 Å². The molecule has 166 valence electrons. The molecular formula is C26H36N4O. The number of carbonyl (C=O) groups is 1. The topological polar surface area (TPSA) is 47.6 Å². The van der Waals surface area contributed by atoms with Crippen LogP contribution in [0.3, 0.4) is 0 Å². The number of amides is 2. The van der Waals surface area contributed by atoms with Crippen molar-refractivity contribution < 1.29 is 4.79 Å². The van der Waals surface area contributed by atoms with Crippen LogP contribution in [0.15, 0.2) is 48.5 Å². The van der Waals surface area contributed by atoms with Gasteiger partial charge in [0, 0.05) is 44.5 Å². The molecule has 2 aromatic rings. The van der Waals surface area contributed by atoms with Gasteiger partial charge in [0.2, 0.25) is 0 Å². The summed E-state index contributed by atoms with van der Waals surface area (Å²) in [4.78, 5) is 17.2. The van der Waals surface area contributed by atoms with Gasteiger partial charge < -0.3 is 15.5 Å². The summed E-state index contributed by atoms with van der Waals surface area (Å²) in [6, 6.07) is 17.0. The fourth-order valence-corrected chi connectivity index (χ4v) is 4.76. The molecule has 0 unspecified atom stereocenters. The number of hydrogen-bond donors (Lipinski definition) is 2. The van der Waals surface area contributed by atoms with Crippen molar-refractivity contribution in [2.45, 2.75) is 45.7 Å². The number of urea groups is 1. The number of rotatable bonds is 7. The van der Waals surface area contributed by atoms with Crippen LogP contribution in [0.2, 0.25) is 0 Å². The largest absolute Gasteiger partial charge is 0.369 e. The zero-order valence-electron chi connectivity index (χ0n) is 18.9. The number of nitrogens with zero attached hydrogens (tertiary/aromatic N) is 2. The summed E-state index contributed by atoms with van der Waals surface area (Å²) in [6.45, 7) is 10.7. The van der Waals surface area contributed by atoms with Crippen LogP contribution in [-0.4, -0.2) is 49.7 Å². The molecule has 0 atom stereocenters. The molecule has 2 N–H and O–H groups in total. The monoisotopic (exact) mass is 420 g/mol. The van der Waals surface area contributed by atoms with Gasteiger partial charge in [-0.05, 0) is 68.3 Å². The Morgan fingerprint density at radius 3 is 2.45 bits per heavy atom. The smallest absolute Gasteiger partial charge is 0.315 e. The van der Waals surface area contributed by atoms with Gasteiger partial charge in [-0.15, -0.1) is 0 Å². The van der Waals surface area contributed by atoms with E-state index >= 15 is 0 Å². The number of anilines is 1. The zero-order valence-corrected chi connectivity index (χ0v) is 18.9. The Balaban J connectivity index is 1.10. The Bertz CT molecular complexity index is 855. The minimum Gasteiger partial charge on any atom is -0.369 e. The summed E-state index contributed by atoms with van der Waals surface area (Å²) in [5.41, 5.74) is 5.32. The highest BCUT2D eigenvalue weighted by Gasteiger charge is 2.30. The van der Waals surface area contributed by atoms with E-state index in [9.17, 15) is 4.79 Å². The van der Waals surface area contributed by atoms with Crippen LogP contribution in [0, 0.1) is 19.8 Å². The molecule has 1 aliphatic heterocycles. The van der Waals surface area contributed by atoms with Crippen molar-refractivity contribution in [2.75, 3.05) is 37.6 Å². The minimum atomic E-state index is -0.0464. The predicted octanol–water partition coefficient (Wildman–Crippen LogP) is 4.09. The van der Waals surface area contributed by atoms with E-state index in [2.05, 4.69) is 52.5 Å². The van der Waals surface area contributed by atoms with Crippen LogP contribution in [-0.2, 0) is 6.54 Å². The molecule has 0 aromatic heterocycles. The van der Waals surface area contributed by atoms with Gasteiger partial charge in [-0.1, -0.05) is 42.5 Å². The van der Waals surface area contributed by atoms with Crippen LogP contribution >= 0.6 is 0 Å². The maximum Gasteiger partial charge on any atom is 0.315 e. The van der Waals surface area contributed by atoms with Gasteiger partial charge in [0.05, 0.1) is 0 Å². The second-order valence-corrected chi connectivity index (χ2v) is 9.18. The van der Waals surface area contributed by atoms with Gasteiger partial charge in [0.15, 0.2) is 0 Å². The SMILES string of the molecule is Cc1cccc(N2CCN(CCC3CC(NC(=O)NCc4ccccc4)C3)CC2)c1C. The molecule has 0 radical (unpaired) electrons. The molecule has 0 bridgehead atoms. The Morgan fingerprint density at radius 2 is 1.71 bits per heavy atom. The van der Waals surface area contributed by atoms with Gasteiger partial charge in [-0.2, -0.15) is 0 Å². The van der Waals surface area contributed by atoms with Crippen LogP contribution < -0.4 is 15.5 Å². The Morgan fingerprint density at radius 1 is 0.968 bits per heavy atom. The lowest BCUT2D eigenvalue weighted by molar-refractivity contribution is 0.169. The van der Waals surface area contributed by atoms with E-state index in [-0.39, 0.29) is 6.03 Å². The second-order valence-electron chi connectivity index (χ2n) is 9.18. The number of aryl methyl sites for hydroxylation is 1. The van der Waals surface area contributed by atoms with E-state index in [0.29, 0.717) is 12.6 Å². The standard InChI is InChI=1S/C26H36N4O/c1-20-7-6-10-25(21(20)2)30-15-13-29(14-16-30)12-11-23-17-24(18-23)28-26(31)27-19-22-8-4-3-5-9-22/h3-10,23-24H,11-19H2,1-2H3,(H2,27,28,31). The van der Waals surface area contributed by atoms with Gasteiger partial charge >= 0.3 is 6.03 Å². The van der Waals surface area contributed by atoms with E-state index in [1.807, 2.05) is 30.3 Å². The van der Waals surface area contributed by atoms with Crippen molar-refractivity contribution in [2.24, 2.45) is 5.92 Å². The first-order chi connectivity index (χ1) is 15.1. The maximum atomic E-state index is 12.1. The van der Waals surface area contributed by atoms with Crippen molar-refractivity contribution in [3.8, 4) is 0 Å². The van der Waals surface area contributed by atoms with Crippen molar-refractivity contribution in [3.63, 3.8) is 0 Å².